The fraction of sp³-hybridized carbons (Fsp3) is 0.625. The highest BCUT2D eigenvalue weighted by Gasteiger charge is 2.44. The minimum Gasteiger partial charge on any atom is -0.385 e. The van der Waals surface area contributed by atoms with Crippen LogP contribution in [0.4, 0.5) is 5.69 Å². The van der Waals surface area contributed by atoms with Crippen LogP contribution in [0.3, 0.4) is 0 Å². The van der Waals surface area contributed by atoms with Crippen molar-refractivity contribution in [2.75, 3.05) is 18.4 Å². The Morgan fingerprint density at radius 1 is 1.39 bits per heavy atom. The number of aryl methyl sites for hydroxylation is 1. The molecule has 0 aromatic heterocycles. The Morgan fingerprint density at radius 2 is 2.22 bits per heavy atom. The van der Waals surface area contributed by atoms with Crippen molar-refractivity contribution in [2.45, 2.75) is 39.7 Å². The zero-order valence-electron chi connectivity index (χ0n) is 11.6. The fourth-order valence-corrected chi connectivity index (χ4v) is 2.95. The summed E-state index contributed by atoms with van der Waals surface area (Å²) in [5.74, 6) is 0.886. The van der Waals surface area contributed by atoms with Crippen LogP contribution in [0, 0.1) is 11.3 Å². The maximum atomic E-state index is 3.61. The number of hydrogen-bond donors (Lipinski definition) is 2. The van der Waals surface area contributed by atoms with E-state index in [4.69, 9.17) is 0 Å². The fourth-order valence-electron chi connectivity index (χ4n) is 2.95. The Bertz CT molecular complexity index is 437. The zero-order chi connectivity index (χ0) is 12.6. The molecule has 98 valence electrons. The van der Waals surface area contributed by atoms with Gasteiger partial charge in [0.1, 0.15) is 0 Å². The van der Waals surface area contributed by atoms with Gasteiger partial charge < -0.3 is 10.6 Å². The van der Waals surface area contributed by atoms with Crippen LogP contribution in [-0.4, -0.2) is 13.1 Å². The van der Waals surface area contributed by atoms with Crippen molar-refractivity contribution < 1.29 is 0 Å². The Labute approximate surface area is 110 Å². The van der Waals surface area contributed by atoms with Crippen LogP contribution < -0.4 is 10.6 Å². The standard InChI is InChI=1S/C16H24N2/c1-16(2)9-14(16)11-17-10-12-5-6-15-13(8-12)4-3-7-18-15/h5-6,8,14,17-18H,3-4,7,9-11H2,1-2H3. The predicted molar refractivity (Wildman–Crippen MR) is 76.8 cm³/mol. The molecule has 1 aromatic rings. The molecule has 0 spiro atoms. The molecular weight excluding hydrogens is 220 g/mol. The van der Waals surface area contributed by atoms with Gasteiger partial charge in [-0.3, -0.25) is 0 Å². The minimum absolute atomic E-state index is 0.590. The Hall–Kier alpha value is -1.02. The van der Waals surface area contributed by atoms with Crippen molar-refractivity contribution in [3.63, 3.8) is 0 Å². The van der Waals surface area contributed by atoms with E-state index in [1.807, 2.05) is 0 Å². The lowest BCUT2D eigenvalue weighted by atomic mass is 10.0. The summed E-state index contributed by atoms with van der Waals surface area (Å²) in [6, 6.07) is 6.86. The molecule has 1 saturated carbocycles. The van der Waals surface area contributed by atoms with E-state index in [-0.39, 0.29) is 0 Å². The van der Waals surface area contributed by atoms with Crippen LogP contribution in [0.2, 0.25) is 0 Å². The zero-order valence-corrected chi connectivity index (χ0v) is 11.6. The molecule has 1 heterocycles. The van der Waals surface area contributed by atoms with Crippen LogP contribution in [0.25, 0.3) is 0 Å². The summed E-state index contributed by atoms with van der Waals surface area (Å²) in [7, 11) is 0. The van der Waals surface area contributed by atoms with Gasteiger partial charge in [0.15, 0.2) is 0 Å². The first-order valence-corrected chi connectivity index (χ1v) is 7.21. The van der Waals surface area contributed by atoms with E-state index in [0.717, 1.165) is 19.0 Å². The van der Waals surface area contributed by atoms with Crippen molar-refractivity contribution >= 4 is 5.69 Å². The third kappa shape index (κ3) is 2.54. The molecule has 0 radical (unpaired) electrons. The van der Waals surface area contributed by atoms with Crippen molar-refractivity contribution in [2.24, 2.45) is 11.3 Å². The van der Waals surface area contributed by atoms with E-state index in [9.17, 15) is 0 Å². The van der Waals surface area contributed by atoms with Crippen molar-refractivity contribution in [1.29, 1.82) is 0 Å². The molecule has 1 unspecified atom stereocenters. The summed E-state index contributed by atoms with van der Waals surface area (Å²) in [6.45, 7) is 8.04. The molecule has 3 rings (SSSR count). The number of nitrogens with one attached hydrogen (secondary N) is 2. The first-order chi connectivity index (χ1) is 8.65. The van der Waals surface area contributed by atoms with E-state index < -0.39 is 0 Å². The van der Waals surface area contributed by atoms with Gasteiger partial charge in [0, 0.05) is 18.8 Å². The molecule has 18 heavy (non-hydrogen) atoms. The second-order valence-corrected chi connectivity index (χ2v) is 6.54. The third-order valence-electron chi connectivity index (χ3n) is 4.55. The Kier molecular flexibility index (Phi) is 3.06. The second kappa shape index (κ2) is 4.58. The van der Waals surface area contributed by atoms with E-state index in [1.54, 1.807) is 0 Å². The van der Waals surface area contributed by atoms with Gasteiger partial charge >= 0.3 is 0 Å². The maximum Gasteiger partial charge on any atom is 0.0372 e. The van der Waals surface area contributed by atoms with E-state index in [2.05, 4.69) is 42.7 Å². The van der Waals surface area contributed by atoms with Crippen LogP contribution in [0.15, 0.2) is 18.2 Å². The first kappa shape index (κ1) is 12.0. The summed E-state index contributed by atoms with van der Waals surface area (Å²) in [6.07, 6.45) is 3.88. The Morgan fingerprint density at radius 3 is 3.00 bits per heavy atom. The average Bonchev–Trinajstić information content (AvgIpc) is 2.97. The molecule has 2 heteroatoms. The van der Waals surface area contributed by atoms with Gasteiger partial charge in [-0.05, 0) is 54.3 Å². The van der Waals surface area contributed by atoms with Crippen LogP contribution in [0.1, 0.15) is 37.8 Å². The highest BCUT2D eigenvalue weighted by Crippen LogP contribution is 2.50. The monoisotopic (exact) mass is 244 g/mol. The molecular formula is C16H24N2. The second-order valence-electron chi connectivity index (χ2n) is 6.54. The molecule has 0 saturated heterocycles. The Balaban J connectivity index is 1.53. The summed E-state index contributed by atoms with van der Waals surface area (Å²) in [4.78, 5) is 0. The van der Waals surface area contributed by atoms with E-state index in [1.165, 1.54) is 42.6 Å². The van der Waals surface area contributed by atoms with E-state index in [0.29, 0.717) is 5.41 Å². The average molecular weight is 244 g/mol. The molecule has 2 N–H and O–H groups in total. The lowest BCUT2D eigenvalue weighted by molar-refractivity contribution is 0.519. The molecule has 2 nitrogen and oxygen atoms in total. The van der Waals surface area contributed by atoms with Crippen molar-refractivity contribution in [3.05, 3.63) is 29.3 Å². The van der Waals surface area contributed by atoms with Crippen LogP contribution in [0.5, 0.6) is 0 Å². The summed E-state index contributed by atoms with van der Waals surface area (Å²) >= 11 is 0. The van der Waals surface area contributed by atoms with Crippen molar-refractivity contribution in [1.82, 2.24) is 5.32 Å². The van der Waals surface area contributed by atoms with Crippen LogP contribution in [-0.2, 0) is 13.0 Å². The highest BCUT2D eigenvalue weighted by molar-refractivity contribution is 5.54. The SMILES string of the molecule is CC1(C)CC1CNCc1ccc2c(c1)CCCN2. The topological polar surface area (TPSA) is 24.1 Å². The molecule has 1 fully saturated rings. The summed E-state index contributed by atoms with van der Waals surface area (Å²) in [5.41, 5.74) is 4.85. The van der Waals surface area contributed by atoms with Crippen molar-refractivity contribution in [3.8, 4) is 0 Å². The van der Waals surface area contributed by atoms with E-state index >= 15 is 0 Å². The summed E-state index contributed by atoms with van der Waals surface area (Å²) < 4.78 is 0. The third-order valence-corrected chi connectivity index (χ3v) is 4.55. The number of anilines is 1. The highest BCUT2D eigenvalue weighted by atomic mass is 14.9. The van der Waals surface area contributed by atoms with Gasteiger partial charge in [0.05, 0.1) is 0 Å². The van der Waals surface area contributed by atoms with Gasteiger partial charge in [-0.15, -0.1) is 0 Å². The van der Waals surface area contributed by atoms with Gasteiger partial charge in [-0.1, -0.05) is 26.0 Å². The lowest BCUT2D eigenvalue weighted by Gasteiger charge is -2.18. The first-order valence-electron chi connectivity index (χ1n) is 7.21. The lowest BCUT2D eigenvalue weighted by Crippen LogP contribution is -2.18. The molecule has 1 aliphatic carbocycles. The number of hydrogen-bond acceptors (Lipinski definition) is 2. The molecule has 1 atom stereocenters. The van der Waals surface area contributed by atoms with Gasteiger partial charge in [-0.25, -0.2) is 0 Å². The molecule has 0 bridgehead atoms. The van der Waals surface area contributed by atoms with Crippen LogP contribution >= 0.6 is 0 Å². The largest absolute Gasteiger partial charge is 0.385 e. The van der Waals surface area contributed by atoms with Gasteiger partial charge in [-0.2, -0.15) is 0 Å². The molecule has 1 aliphatic heterocycles. The normalized spacial score (nSPS) is 24.2. The molecule has 2 aliphatic rings. The number of benzene rings is 1. The predicted octanol–water partition coefficient (Wildman–Crippen LogP) is 3.18. The smallest absolute Gasteiger partial charge is 0.0372 e. The minimum atomic E-state index is 0.590. The number of rotatable bonds is 4. The number of fused-ring (bicyclic) bond motifs is 1. The molecule has 1 aromatic carbocycles. The maximum absolute atomic E-state index is 3.61. The van der Waals surface area contributed by atoms with Gasteiger partial charge in [0.25, 0.3) is 0 Å². The quantitative estimate of drug-likeness (QED) is 0.850. The van der Waals surface area contributed by atoms with Gasteiger partial charge in [0.2, 0.25) is 0 Å². The molecule has 0 amide bonds. The summed E-state index contributed by atoms with van der Waals surface area (Å²) in [5, 5.41) is 7.07.